The lowest BCUT2D eigenvalue weighted by Gasteiger charge is -2.15. The fourth-order valence-corrected chi connectivity index (χ4v) is 3.09. The van der Waals surface area contributed by atoms with Crippen LogP contribution in [0.4, 0.5) is 10.1 Å². The molecule has 0 aliphatic heterocycles. The minimum atomic E-state index is -1.05. The Morgan fingerprint density at radius 2 is 2.15 bits per heavy atom. The molecule has 8 nitrogen and oxygen atoms in total. The fourth-order valence-electron chi connectivity index (χ4n) is 3.09. The van der Waals surface area contributed by atoms with E-state index in [1.165, 1.54) is 49.5 Å². The van der Waals surface area contributed by atoms with Crippen molar-refractivity contribution >= 4 is 41.2 Å². The fraction of sp³-hybridized carbons (Fsp3) is 0.240. The number of rotatable bonds is 7. The van der Waals surface area contributed by atoms with E-state index >= 15 is 0 Å². The summed E-state index contributed by atoms with van der Waals surface area (Å²) in [6.45, 7) is 9.02. The highest BCUT2D eigenvalue weighted by atomic mass is 19.1. The van der Waals surface area contributed by atoms with Gasteiger partial charge in [0, 0.05) is 28.9 Å². The van der Waals surface area contributed by atoms with Crippen LogP contribution in [-0.2, 0) is 4.79 Å². The van der Waals surface area contributed by atoms with E-state index in [2.05, 4.69) is 45.8 Å². The number of pyridine rings is 1. The largest absolute Gasteiger partial charge is 0.348 e. The molecule has 9 heteroatoms. The van der Waals surface area contributed by atoms with Gasteiger partial charge in [-0.1, -0.05) is 44.6 Å². The number of aromatic amines is 1. The van der Waals surface area contributed by atoms with Crippen LogP contribution in [0.5, 0.6) is 0 Å². The SMILES string of the molecule is C=Cc1cncc(C(C#N)NC(=O)CNC(=O)c2cc3cccc(F)c3[nH]2)c1N=C.CC1CC1. The number of nitrogens with zero attached hydrogens (tertiary/aromatic N) is 3. The van der Waals surface area contributed by atoms with Crippen molar-refractivity contribution in [2.24, 2.45) is 10.9 Å². The van der Waals surface area contributed by atoms with Crippen LogP contribution in [0, 0.1) is 23.1 Å². The van der Waals surface area contributed by atoms with Gasteiger partial charge in [-0.3, -0.25) is 19.6 Å². The molecule has 1 saturated carbocycles. The van der Waals surface area contributed by atoms with E-state index in [9.17, 15) is 19.2 Å². The zero-order valence-electron chi connectivity index (χ0n) is 18.8. The number of hydrogen-bond donors (Lipinski definition) is 3. The molecule has 2 amide bonds. The Bertz CT molecular complexity index is 1270. The van der Waals surface area contributed by atoms with Gasteiger partial charge in [0.25, 0.3) is 5.91 Å². The molecule has 3 aromatic rings. The summed E-state index contributed by atoms with van der Waals surface area (Å²) in [5, 5.41) is 14.9. The first kappa shape index (κ1) is 24.3. The van der Waals surface area contributed by atoms with Crippen LogP contribution in [0.1, 0.15) is 47.4 Å². The molecule has 0 saturated heterocycles. The molecule has 1 aromatic carbocycles. The zero-order chi connectivity index (χ0) is 24.7. The van der Waals surface area contributed by atoms with Crippen LogP contribution in [0.3, 0.4) is 0 Å². The van der Waals surface area contributed by atoms with Gasteiger partial charge in [0.2, 0.25) is 5.91 Å². The molecule has 1 atom stereocenters. The van der Waals surface area contributed by atoms with E-state index in [0.717, 1.165) is 5.92 Å². The molecule has 1 fully saturated rings. The molecule has 34 heavy (non-hydrogen) atoms. The number of halogens is 1. The summed E-state index contributed by atoms with van der Waals surface area (Å²) in [6, 6.07) is 6.87. The summed E-state index contributed by atoms with van der Waals surface area (Å²) in [4.78, 5) is 35.1. The summed E-state index contributed by atoms with van der Waals surface area (Å²) in [5.74, 6) is -0.586. The van der Waals surface area contributed by atoms with Crippen LogP contribution in [0.15, 0.2) is 48.2 Å². The van der Waals surface area contributed by atoms with Crippen molar-refractivity contribution in [3.05, 3.63) is 65.9 Å². The van der Waals surface area contributed by atoms with E-state index in [-0.39, 0.29) is 17.8 Å². The van der Waals surface area contributed by atoms with Gasteiger partial charge < -0.3 is 15.6 Å². The van der Waals surface area contributed by atoms with Gasteiger partial charge in [-0.15, -0.1) is 0 Å². The highest BCUT2D eigenvalue weighted by molar-refractivity contribution is 5.99. The zero-order valence-corrected chi connectivity index (χ0v) is 18.8. The van der Waals surface area contributed by atoms with E-state index in [0.29, 0.717) is 22.2 Å². The van der Waals surface area contributed by atoms with Crippen molar-refractivity contribution in [2.75, 3.05) is 6.54 Å². The van der Waals surface area contributed by atoms with Gasteiger partial charge >= 0.3 is 0 Å². The Morgan fingerprint density at radius 1 is 1.41 bits per heavy atom. The molecule has 4 rings (SSSR count). The number of aliphatic imine (C=N–C) groups is 1. The standard InChI is InChI=1S/C21H17FN6O2.C4H8/c1-3-12-9-25-10-14(19(12)24-2)17(8-23)27-18(29)11-26-21(30)16-7-13-5-4-6-15(22)20(13)28-16;1-4-2-3-4/h3-7,9-10,17,28H,1-2,11H2,(H,26,30)(H,27,29);4H,2-3H2,1H3. The van der Waals surface area contributed by atoms with Crippen molar-refractivity contribution in [3.63, 3.8) is 0 Å². The Hall–Kier alpha value is -4.32. The second kappa shape index (κ2) is 11.0. The Morgan fingerprint density at radius 3 is 2.74 bits per heavy atom. The van der Waals surface area contributed by atoms with Gasteiger partial charge in [0.15, 0.2) is 0 Å². The molecule has 2 heterocycles. The smallest absolute Gasteiger partial charge is 0.268 e. The normalized spacial score (nSPS) is 13.1. The number of amides is 2. The summed E-state index contributed by atoms with van der Waals surface area (Å²) in [7, 11) is 0. The Balaban J connectivity index is 0.000000732. The second-order valence-corrected chi connectivity index (χ2v) is 7.91. The molecule has 2 aromatic heterocycles. The molecule has 0 bridgehead atoms. The molecular formula is C25H25FN6O2. The number of aromatic nitrogens is 2. The number of hydrogen-bond acceptors (Lipinski definition) is 5. The maximum atomic E-state index is 13.8. The average molecular weight is 461 g/mol. The monoisotopic (exact) mass is 460 g/mol. The molecule has 0 spiro atoms. The predicted molar refractivity (Wildman–Crippen MR) is 129 cm³/mol. The topological polar surface area (TPSA) is 123 Å². The number of carbonyl (C=O) groups excluding carboxylic acids is 2. The number of fused-ring (bicyclic) bond motifs is 1. The van der Waals surface area contributed by atoms with Crippen LogP contribution in [-0.4, -0.2) is 35.0 Å². The summed E-state index contributed by atoms with van der Waals surface area (Å²) in [6.07, 6.45) is 7.41. The molecule has 1 aliphatic carbocycles. The summed E-state index contributed by atoms with van der Waals surface area (Å²) >= 11 is 0. The first-order chi connectivity index (χ1) is 16.4. The minimum absolute atomic E-state index is 0.112. The lowest BCUT2D eigenvalue weighted by atomic mass is 10.0. The van der Waals surface area contributed by atoms with Crippen molar-refractivity contribution in [2.45, 2.75) is 25.8 Å². The second-order valence-electron chi connectivity index (χ2n) is 7.91. The van der Waals surface area contributed by atoms with Gasteiger partial charge in [-0.2, -0.15) is 5.26 Å². The number of carbonyl (C=O) groups is 2. The maximum Gasteiger partial charge on any atom is 0.268 e. The number of H-pyrrole nitrogens is 1. The van der Waals surface area contributed by atoms with Crippen molar-refractivity contribution in [1.82, 2.24) is 20.6 Å². The number of benzene rings is 1. The van der Waals surface area contributed by atoms with Crippen molar-refractivity contribution < 1.29 is 14.0 Å². The first-order valence-corrected chi connectivity index (χ1v) is 10.7. The number of nitriles is 1. The van der Waals surface area contributed by atoms with Crippen LogP contribution in [0.25, 0.3) is 17.0 Å². The lowest BCUT2D eigenvalue weighted by Crippen LogP contribution is -2.38. The number of para-hydroxylation sites is 1. The Labute approximate surface area is 196 Å². The van der Waals surface area contributed by atoms with Gasteiger partial charge in [-0.05, 0) is 24.8 Å². The van der Waals surface area contributed by atoms with Gasteiger partial charge in [-0.25, -0.2) is 4.39 Å². The predicted octanol–water partition coefficient (Wildman–Crippen LogP) is 4.20. The quantitative estimate of drug-likeness (QED) is 0.457. The van der Waals surface area contributed by atoms with E-state index in [1.807, 2.05) is 6.07 Å². The van der Waals surface area contributed by atoms with E-state index in [1.54, 1.807) is 6.07 Å². The van der Waals surface area contributed by atoms with Gasteiger partial charge in [0.1, 0.15) is 17.6 Å². The number of nitrogens with one attached hydrogen (secondary N) is 3. The molecule has 0 radical (unpaired) electrons. The van der Waals surface area contributed by atoms with Gasteiger partial charge in [0.05, 0.1) is 23.8 Å². The average Bonchev–Trinajstić information content (AvgIpc) is 3.50. The minimum Gasteiger partial charge on any atom is -0.348 e. The van der Waals surface area contributed by atoms with Crippen LogP contribution in [0.2, 0.25) is 0 Å². The molecule has 1 unspecified atom stereocenters. The summed E-state index contributed by atoms with van der Waals surface area (Å²) in [5.41, 5.74) is 1.62. The third kappa shape index (κ3) is 5.92. The first-order valence-electron chi connectivity index (χ1n) is 10.7. The highest BCUT2D eigenvalue weighted by Crippen LogP contribution is 2.29. The molecule has 174 valence electrons. The third-order valence-electron chi connectivity index (χ3n) is 5.22. The highest BCUT2D eigenvalue weighted by Gasteiger charge is 2.20. The lowest BCUT2D eigenvalue weighted by molar-refractivity contribution is -0.120. The Kier molecular flexibility index (Phi) is 7.88. The van der Waals surface area contributed by atoms with Crippen molar-refractivity contribution in [1.29, 1.82) is 5.26 Å². The molecule has 3 N–H and O–H groups in total. The van der Waals surface area contributed by atoms with E-state index in [4.69, 9.17) is 0 Å². The van der Waals surface area contributed by atoms with Crippen LogP contribution >= 0.6 is 0 Å². The van der Waals surface area contributed by atoms with E-state index < -0.39 is 23.7 Å². The molecule has 1 aliphatic rings. The summed E-state index contributed by atoms with van der Waals surface area (Å²) < 4.78 is 13.8. The van der Waals surface area contributed by atoms with Crippen LogP contribution < -0.4 is 10.6 Å². The molecular weight excluding hydrogens is 435 g/mol. The maximum absolute atomic E-state index is 13.8. The third-order valence-corrected chi connectivity index (χ3v) is 5.22. The van der Waals surface area contributed by atoms with Crippen molar-refractivity contribution in [3.8, 4) is 6.07 Å².